The molecule has 1 aromatic heterocycles. The van der Waals surface area contributed by atoms with Crippen molar-refractivity contribution in [2.24, 2.45) is 16.5 Å². The summed E-state index contributed by atoms with van der Waals surface area (Å²) in [4.78, 5) is 17.9. The predicted octanol–water partition coefficient (Wildman–Crippen LogP) is 1.75. The van der Waals surface area contributed by atoms with Gasteiger partial charge in [-0.25, -0.2) is 14.4 Å². The lowest BCUT2D eigenvalue weighted by Gasteiger charge is -2.34. The second-order valence-corrected chi connectivity index (χ2v) is 7.97. The van der Waals surface area contributed by atoms with Crippen molar-refractivity contribution in [1.29, 1.82) is 0 Å². The van der Waals surface area contributed by atoms with Crippen molar-refractivity contribution in [1.82, 2.24) is 14.9 Å². The second kappa shape index (κ2) is 8.12. The highest BCUT2D eigenvalue weighted by Gasteiger charge is 2.22. The van der Waals surface area contributed by atoms with Gasteiger partial charge in [-0.2, -0.15) is 4.99 Å². The van der Waals surface area contributed by atoms with E-state index < -0.39 is 0 Å². The molecule has 0 amide bonds. The molecule has 3 heterocycles. The number of ether oxygens (including phenoxy) is 2. The third-order valence-electron chi connectivity index (χ3n) is 5.65. The predicted molar refractivity (Wildman–Crippen MR) is 120 cm³/mol. The van der Waals surface area contributed by atoms with Crippen LogP contribution < -0.4 is 25.8 Å². The van der Waals surface area contributed by atoms with Crippen LogP contribution in [0.3, 0.4) is 0 Å². The summed E-state index contributed by atoms with van der Waals surface area (Å²) < 4.78 is 25.4. The molecule has 1 saturated heterocycles. The summed E-state index contributed by atoms with van der Waals surface area (Å²) in [6.45, 7) is 3.47. The van der Waals surface area contributed by atoms with Crippen molar-refractivity contribution in [3.8, 4) is 11.5 Å². The first kappa shape index (κ1) is 20.3. The van der Waals surface area contributed by atoms with E-state index >= 15 is 0 Å². The Morgan fingerprint density at radius 1 is 1.06 bits per heavy atom. The zero-order valence-electron chi connectivity index (χ0n) is 17.7. The number of aromatic nitrogens is 2. The molecule has 9 nitrogen and oxygen atoms in total. The van der Waals surface area contributed by atoms with Gasteiger partial charge in [0.1, 0.15) is 11.6 Å². The number of rotatable bonds is 4. The first-order chi connectivity index (χ1) is 15.5. The first-order valence-electron chi connectivity index (χ1n) is 10.4. The summed E-state index contributed by atoms with van der Waals surface area (Å²) in [6.07, 6.45) is 0.403. The van der Waals surface area contributed by atoms with Crippen molar-refractivity contribution < 1.29 is 13.9 Å². The fourth-order valence-corrected chi connectivity index (χ4v) is 4.05. The molecule has 2 aromatic carbocycles. The van der Waals surface area contributed by atoms with Gasteiger partial charge < -0.3 is 30.7 Å². The number of hydrogen-bond donors (Lipinski definition) is 2. The van der Waals surface area contributed by atoms with Crippen LogP contribution in [0.25, 0.3) is 10.9 Å². The van der Waals surface area contributed by atoms with Gasteiger partial charge in [0, 0.05) is 38.7 Å². The highest BCUT2D eigenvalue weighted by molar-refractivity contribution is 6.00. The van der Waals surface area contributed by atoms with Gasteiger partial charge in [0.2, 0.25) is 6.79 Å². The summed E-state index contributed by atoms with van der Waals surface area (Å²) in [5, 5.41) is 0.638. The summed E-state index contributed by atoms with van der Waals surface area (Å²) in [5.41, 5.74) is 13.5. The van der Waals surface area contributed by atoms with Gasteiger partial charge in [0.15, 0.2) is 23.3 Å². The van der Waals surface area contributed by atoms with E-state index in [1.165, 1.54) is 12.1 Å². The van der Waals surface area contributed by atoms with Crippen molar-refractivity contribution in [3.05, 3.63) is 47.5 Å². The third-order valence-corrected chi connectivity index (χ3v) is 5.65. The Hall–Kier alpha value is -3.66. The Balaban J connectivity index is 1.59. The molecule has 3 aromatic rings. The van der Waals surface area contributed by atoms with Crippen LogP contribution in [0, 0.1) is 5.82 Å². The van der Waals surface area contributed by atoms with E-state index in [-0.39, 0.29) is 18.6 Å². The molecule has 0 saturated carbocycles. The molecule has 0 unspecified atom stereocenters. The van der Waals surface area contributed by atoms with Gasteiger partial charge in [0.25, 0.3) is 0 Å². The van der Waals surface area contributed by atoms with Crippen LogP contribution in [0.5, 0.6) is 11.5 Å². The Kier molecular flexibility index (Phi) is 5.14. The fraction of sp³-hybridized carbons (Fsp3) is 0.318. The quantitative estimate of drug-likeness (QED) is 0.469. The van der Waals surface area contributed by atoms with Gasteiger partial charge in [0.05, 0.1) is 16.6 Å². The number of halogens is 1. The van der Waals surface area contributed by atoms with Gasteiger partial charge in [-0.3, -0.25) is 0 Å². The smallest absolute Gasteiger partial charge is 0.231 e. The van der Waals surface area contributed by atoms with E-state index in [1.807, 2.05) is 18.2 Å². The highest BCUT2D eigenvalue weighted by Crippen LogP contribution is 2.36. The fourth-order valence-electron chi connectivity index (χ4n) is 4.05. The van der Waals surface area contributed by atoms with Crippen LogP contribution in [0.1, 0.15) is 11.4 Å². The number of anilines is 1. The summed E-state index contributed by atoms with van der Waals surface area (Å²) in [5.74, 6) is 1.71. The minimum atomic E-state index is -0.366. The Bertz CT molecular complexity index is 1200. The first-order valence-corrected chi connectivity index (χ1v) is 10.4. The van der Waals surface area contributed by atoms with E-state index in [4.69, 9.17) is 20.9 Å². The molecule has 0 bridgehead atoms. The van der Waals surface area contributed by atoms with Gasteiger partial charge >= 0.3 is 0 Å². The number of benzene rings is 2. The molecule has 1 fully saturated rings. The molecule has 0 radical (unpaired) electrons. The molecule has 2 aliphatic heterocycles. The van der Waals surface area contributed by atoms with Gasteiger partial charge in [-0.1, -0.05) is 6.07 Å². The molecular formula is C22H24FN7O2. The maximum atomic E-state index is 14.6. The lowest BCUT2D eigenvalue weighted by atomic mass is 10.1. The number of nitrogens with two attached hydrogens (primary N) is 2. The van der Waals surface area contributed by atoms with E-state index in [2.05, 4.69) is 31.8 Å². The average molecular weight is 437 g/mol. The molecule has 32 heavy (non-hydrogen) atoms. The van der Waals surface area contributed by atoms with Crippen LogP contribution in [0.2, 0.25) is 0 Å². The Labute approximate surface area is 184 Å². The van der Waals surface area contributed by atoms with Gasteiger partial charge in [-0.15, -0.1) is 0 Å². The maximum absolute atomic E-state index is 14.6. The molecule has 4 N–H and O–H groups in total. The standard InChI is InChI=1S/C22H24FN7O2/c1-29-4-6-30(7-5-29)16-11-14(23)10-15-20(16)21(28-22(24)25)27-19(26-15)9-13-2-3-17-18(8-13)32-12-31-17/h2-3,8,10-11H,4-7,9,12H2,1H3,(H4,24,25,26,27,28). The number of likely N-dealkylation sites (N-methyl/N-ethyl adjacent to an activating group) is 1. The highest BCUT2D eigenvalue weighted by atomic mass is 19.1. The Morgan fingerprint density at radius 3 is 2.62 bits per heavy atom. The lowest BCUT2D eigenvalue weighted by molar-refractivity contribution is 0.174. The molecule has 10 heteroatoms. The third kappa shape index (κ3) is 3.96. The van der Waals surface area contributed by atoms with E-state index in [0.29, 0.717) is 46.2 Å². The molecule has 0 atom stereocenters. The Morgan fingerprint density at radius 2 is 1.84 bits per heavy atom. The number of guanidine groups is 1. The number of hydrogen-bond acceptors (Lipinski definition) is 7. The SMILES string of the molecule is CN1CCN(c2cc(F)cc3nc(Cc4ccc5c(c4)OCO5)nc(N=C(N)N)c23)CC1. The van der Waals surface area contributed by atoms with Crippen molar-refractivity contribution >= 4 is 28.4 Å². The summed E-state index contributed by atoms with van der Waals surface area (Å²) in [7, 11) is 2.07. The van der Waals surface area contributed by atoms with Crippen molar-refractivity contribution in [3.63, 3.8) is 0 Å². The molecule has 2 aliphatic rings. The normalized spacial score (nSPS) is 15.9. The number of fused-ring (bicyclic) bond motifs is 2. The topological polar surface area (TPSA) is 115 Å². The molecular weight excluding hydrogens is 413 g/mol. The maximum Gasteiger partial charge on any atom is 0.231 e. The van der Waals surface area contributed by atoms with Crippen molar-refractivity contribution in [2.45, 2.75) is 6.42 Å². The van der Waals surface area contributed by atoms with Crippen LogP contribution in [0.4, 0.5) is 15.9 Å². The zero-order valence-corrected chi connectivity index (χ0v) is 17.7. The second-order valence-electron chi connectivity index (χ2n) is 7.97. The summed E-state index contributed by atoms with van der Waals surface area (Å²) >= 11 is 0. The van der Waals surface area contributed by atoms with Crippen LogP contribution in [-0.2, 0) is 6.42 Å². The van der Waals surface area contributed by atoms with Crippen LogP contribution in [0.15, 0.2) is 35.3 Å². The minimum absolute atomic E-state index is 0.118. The summed E-state index contributed by atoms with van der Waals surface area (Å²) in [6, 6.07) is 8.55. The zero-order chi connectivity index (χ0) is 22.2. The van der Waals surface area contributed by atoms with Gasteiger partial charge in [-0.05, 0) is 30.8 Å². The largest absolute Gasteiger partial charge is 0.454 e. The number of nitrogens with zero attached hydrogens (tertiary/aromatic N) is 5. The molecule has 166 valence electrons. The van der Waals surface area contributed by atoms with Crippen LogP contribution in [-0.4, -0.2) is 60.8 Å². The van der Waals surface area contributed by atoms with Crippen LogP contribution >= 0.6 is 0 Å². The van der Waals surface area contributed by atoms with E-state index in [0.717, 1.165) is 31.7 Å². The molecule has 0 spiro atoms. The van der Waals surface area contributed by atoms with E-state index in [1.54, 1.807) is 0 Å². The number of aliphatic imine (C=N–C) groups is 1. The molecule has 0 aliphatic carbocycles. The number of piperazine rings is 1. The lowest BCUT2D eigenvalue weighted by Crippen LogP contribution is -2.44. The monoisotopic (exact) mass is 437 g/mol. The van der Waals surface area contributed by atoms with Crippen molar-refractivity contribution in [2.75, 3.05) is 44.9 Å². The average Bonchev–Trinajstić information content (AvgIpc) is 3.21. The van der Waals surface area contributed by atoms with E-state index in [9.17, 15) is 4.39 Å². The minimum Gasteiger partial charge on any atom is -0.454 e. The molecule has 5 rings (SSSR count).